The van der Waals surface area contributed by atoms with Gasteiger partial charge in [-0.1, -0.05) is 35.5 Å². The lowest BCUT2D eigenvalue weighted by Crippen LogP contribution is -2.09. The number of hydrogen-bond donors (Lipinski definition) is 0. The first-order valence-corrected chi connectivity index (χ1v) is 7.88. The normalized spacial score (nSPS) is 10.7. The van der Waals surface area contributed by atoms with Crippen LogP contribution in [0.5, 0.6) is 0 Å². The van der Waals surface area contributed by atoms with Gasteiger partial charge in [0.05, 0.1) is 11.4 Å². The van der Waals surface area contributed by atoms with Crippen molar-refractivity contribution < 1.29 is 13.9 Å². The van der Waals surface area contributed by atoms with Crippen LogP contribution in [0, 0.1) is 26.6 Å². The number of aromatic nitrogens is 3. The van der Waals surface area contributed by atoms with Gasteiger partial charge >= 0.3 is 5.97 Å². The van der Waals surface area contributed by atoms with Gasteiger partial charge in [0.25, 0.3) is 0 Å². The smallest absolute Gasteiger partial charge is 0.361 e. The Bertz CT molecular complexity index is 934. The van der Waals surface area contributed by atoms with Crippen LogP contribution in [-0.2, 0) is 11.3 Å². The van der Waals surface area contributed by atoms with Crippen molar-refractivity contribution in [3.05, 3.63) is 76.4 Å². The number of benzene rings is 2. The molecule has 0 unspecified atom stereocenters. The van der Waals surface area contributed by atoms with E-state index in [2.05, 4.69) is 10.3 Å². The number of hydrogen-bond acceptors (Lipinski definition) is 4. The van der Waals surface area contributed by atoms with E-state index in [1.807, 2.05) is 31.2 Å². The molecule has 1 heterocycles. The topological polar surface area (TPSA) is 57.0 Å². The molecule has 0 radical (unpaired) electrons. The number of nitrogens with zero attached hydrogens (tertiary/aromatic N) is 3. The third-order valence-electron chi connectivity index (χ3n) is 4.11. The Balaban J connectivity index is 1.79. The summed E-state index contributed by atoms with van der Waals surface area (Å²) in [5.74, 6) is -0.893. The lowest BCUT2D eigenvalue weighted by atomic mass is 10.1. The minimum Gasteiger partial charge on any atom is -0.456 e. The lowest BCUT2D eigenvalue weighted by molar-refractivity contribution is 0.0464. The van der Waals surface area contributed by atoms with Gasteiger partial charge in [-0.25, -0.2) is 13.9 Å². The molecular weight excluding hydrogens is 321 g/mol. The van der Waals surface area contributed by atoms with Gasteiger partial charge in [-0.05, 0) is 49.6 Å². The summed E-state index contributed by atoms with van der Waals surface area (Å²) in [4.78, 5) is 12.3. The van der Waals surface area contributed by atoms with Gasteiger partial charge in [-0.3, -0.25) is 0 Å². The van der Waals surface area contributed by atoms with E-state index in [0.717, 1.165) is 11.1 Å². The summed E-state index contributed by atoms with van der Waals surface area (Å²) in [6.07, 6.45) is 0. The first kappa shape index (κ1) is 16.8. The number of esters is 1. The number of carbonyl (C=O) groups excluding carboxylic acids is 1. The molecule has 0 aliphatic carbocycles. The maximum absolute atomic E-state index is 13.8. The fourth-order valence-corrected chi connectivity index (χ4v) is 2.46. The van der Waals surface area contributed by atoms with Crippen molar-refractivity contribution in [2.75, 3.05) is 0 Å². The van der Waals surface area contributed by atoms with Gasteiger partial charge in [0, 0.05) is 0 Å². The predicted octanol–water partition coefficient (Wildman–Crippen LogP) is 3.69. The molecule has 0 fully saturated rings. The Morgan fingerprint density at radius 3 is 2.60 bits per heavy atom. The van der Waals surface area contributed by atoms with Crippen LogP contribution in [-0.4, -0.2) is 21.0 Å². The van der Waals surface area contributed by atoms with Gasteiger partial charge in [-0.15, -0.1) is 5.10 Å². The highest BCUT2D eigenvalue weighted by Crippen LogP contribution is 2.17. The second-order valence-electron chi connectivity index (χ2n) is 5.87. The molecule has 3 rings (SSSR count). The van der Waals surface area contributed by atoms with Crippen LogP contribution in [0.1, 0.15) is 32.9 Å². The molecule has 0 atom stereocenters. The minimum absolute atomic E-state index is 0.120. The van der Waals surface area contributed by atoms with Crippen LogP contribution in [0.4, 0.5) is 4.39 Å². The average molecular weight is 339 g/mol. The van der Waals surface area contributed by atoms with Crippen LogP contribution in [0.25, 0.3) is 5.69 Å². The Labute approximate surface area is 145 Å². The highest BCUT2D eigenvalue weighted by Gasteiger charge is 2.19. The maximum atomic E-state index is 13.8. The van der Waals surface area contributed by atoms with Gasteiger partial charge in [0.1, 0.15) is 12.4 Å². The van der Waals surface area contributed by atoms with E-state index < -0.39 is 5.97 Å². The van der Waals surface area contributed by atoms with E-state index in [0.29, 0.717) is 16.9 Å². The number of halogens is 1. The molecular formula is C19H18FN3O2. The molecule has 0 bridgehead atoms. The highest BCUT2D eigenvalue weighted by molar-refractivity contribution is 5.88. The zero-order chi connectivity index (χ0) is 18.0. The largest absolute Gasteiger partial charge is 0.456 e. The summed E-state index contributed by atoms with van der Waals surface area (Å²) < 4.78 is 20.5. The molecule has 5 nitrogen and oxygen atoms in total. The molecule has 1 aromatic heterocycles. The first-order valence-electron chi connectivity index (χ1n) is 7.88. The van der Waals surface area contributed by atoms with Gasteiger partial charge in [0.15, 0.2) is 5.69 Å². The molecule has 6 heteroatoms. The average Bonchev–Trinajstić information content (AvgIpc) is 2.98. The molecule has 0 saturated heterocycles. The summed E-state index contributed by atoms with van der Waals surface area (Å²) in [5, 5.41) is 7.84. The van der Waals surface area contributed by atoms with E-state index in [1.165, 1.54) is 10.7 Å². The van der Waals surface area contributed by atoms with E-state index in [9.17, 15) is 9.18 Å². The van der Waals surface area contributed by atoms with E-state index in [4.69, 9.17) is 4.74 Å². The Kier molecular flexibility index (Phi) is 4.61. The van der Waals surface area contributed by atoms with Crippen LogP contribution in [0.15, 0.2) is 42.5 Å². The number of ether oxygens (including phenoxy) is 1. The quantitative estimate of drug-likeness (QED) is 0.680. The van der Waals surface area contributed by atoms with Gasteiger partial charge in [0.2, 0.25) is 0 Å². The Morgan fingerprint density at radius 1 is 1.12 bits per heavy atom. The highest BCUT2D eigenvalue weighted by atomic mass is 19.1. The number of rotatable bonds is 4. The minimum atomic E-state index is -0.556. The summed E-state index contributed by atoms with van der Waals surface area (Å²) in [6.45, 7) is 5.50. The molecule has 128 valence electrons. The van der Waals surface area contributed by atoms with Crippen LogP contribution in [0.2, 0.25) is 0 Å². The zero-order valence-electron chi connectivity index (χ0n) is 14.3. The van der Waals surface area contributed by atoms with Crippen LogP contribution < -0.4 is 0 Å². The number of carbonyl (C=O) groups is 1. The first-order chi connectivity index (χ1) is 12.0. The predicted molar refractivity (Wildman–Crippen MR) is 91.1 cm³/mol. The van der Waals surface area contributed by atoms with Crippen LogP contribution >= 0.6 is 0 Å². The summed E-state index contributed by atoms with van der Waals surface area (Å²) in [5.41, 5.74) is 3.64. The molecule has 0 N–H and O–H groups in total. The second kappa shape index (κ2) is 6.84. The Morgan fingerprint density at radius 2 is 1.88 bits per heavy atom. The van der Waals surface area contributed by atoms with Crippen molar-refractivity contribution in [3.8, 4) is 5.69 Å². The molecule has 25 heavy (non-hydrogen) atoms. The maximum Gasteiger partial charge on any atom is 0.361 e. The molecule has 0 aliphatic heterocycles. The fourth-order valence-electron chi connectivity index (χ4n) is 2.46. The summed E-state index contributed by atoms with van der Waals surface area (Å²) in [6, 6.07) is 12.4. The second-order valence-corrected chi connectivity index (χ2v) is 5.87. The van der Waals surface area contributed by atoms with Gasteiger partial charge in [-0.2, -0.15) is 0 Å². The Hall–Kier alpha value is -3.02. The third kappa shape index (κ3) is 3.42. The summed E-state index contributed by atoms with van der Waals surface area (Å²) >= 11 is 0. The zero-order valence-corrected chi connectivity index (χ0v) is 14.3. The van der Waals surface area contributed by atoms with E-state index in [1.54, 1.807) is 26.0 Å². The summed E-state index contributed by atoms with van der Waals surface area (Å²) in [7, 11) is 0. The number of aryl methyl sites for hydroxylation is 2. The van der Waals surface area contributed by atoms with Gasteiger partial charge < -0.3 is 4.74 Å². The van der Waals surface area contributed by atoms with Crippen molar-refractivity contribution >= 4 is 5.97 Å². The molecule has 0 spiro atoms. The van der Waals surface area contributed by atoms with Crippen molar-refractivity contribution in [1.29, 1.82) is 0 Å². The SMILES string of the molecule is Cc1ccc(-n2nnc(C(=O)OCc3ccccc3C)c2C)cc1F. The molecule has 0 aliphatic rings. The lowest BCUT2D eigenvalue weighted by Gasteiger charge is -2.07. The van der Waals surface area contributed by atoms with Crippen LogP contribution in [0.3, 0.4) is 0 Å². The molecule has 0 amide bonds. The standard InChI is InChI=1S/C19H18FN3O2/c1-12-6-4-5-7-15(12)11-25-19(24)18-14(3)23(22-21-18)16-9-8-13(2)17(20)10-16/h4-10H,11H2,1-3H3. The molecule has 0 saturated carbocycles. The van der Waals surface area contributed by atoms with Crippen molar-refractivity contribution in [2.24, 2.45) is 0 Å². The molecule has 3 aromatic rings. The third-order valence-corrected chi connectivity index (χ3v) is 4.11. The fraction of sp³-hybridized carbons (Fsp3) is 0.211. The monoisotopic (exact) mass is 339 g/mol. The van der Waals surface area contributed by atoms with Crippen molar-refractivity contribution in [3.63, 3.8) is 0 Å². The van der Waals surface area contributed by atoms with Crippen molar-refractivity contribution in [1.82, 2.24) is 15.0 Å². The van der Waals surface area contributed by atoms with E-state index in [-0.39, 0.29) is 18.1 Å². The van der Waals surface area contributed by atoms with E-state index >= 15 is 0 Å². The van der Waals surface area contributed by atoms with Crippen molar-refractivity contribution in [2.45, 2.75) is 27.4 Å². The molecule has 2 aromatic carbocycles.